The Kier molecular flexibility index (Phi) is 5.32. The van der Waals surface area contributed by atoms with Crippen LogP contribution >= 0.6 is 11.3 Å². The van der Waals surface area contributed by atoms with Crippen LogP contribution in [-0.2, 0) is 4.79 Å². The van der Waals surface area contributed by atoms with Crippen molar-refractivity contribution in [1.29, 1.82) is 0 Å². The van der Waals surface area contributed by atoms with Crippen molar-refractivity contribution in [2.24, 2.45) is 5.92 Å². The number of nitrogens with zero attached hydrogens (tertiary/aromatic N) is 2. The fraction of sp³-hybridized carbons (Fsp3) is 0.611. The second-order valence-corrected chi connectivity index (χ2v) is 7.53. The fourth-order valence-electron chi connectivity index (χ4n) is 3.85. The second kappa shape index (κ2) is 7.42. The van der Waals surface area contributed by atoms with E-state index >= 15 is 0 Å². The molecule has 0 spiro atoms. The quantitative estimate of drug-likeness (QED) is 0.797. The molecule has 1 aromatic rings. The molecule has 3 rings (SSSR count). The van der Waals surface area contributed by atoms with Gasteiger partial charge in [-0.2, -0.15) is 0 Å². The highest BCUT2D eigenvalue weighted by molar-refractivity contribution is 7.10. The van der Waals surface area contributed by atoms with Crippen LogP contribution in [0.15, 0.2) is 23.6 Å². The molecule has 1 atom stereocenters. The molecule has 120 valence electrons. The lowest BCUT2D eigenvalue weighted by Gasteiger charge is -2.42. The number of likely N-dealkylation sites (tertiary alicyclic amines) is 2. The van der Waals surface area contributed by atoms with Crippen molar-refractivity contribution in [3.05, 3.63) is 28.5 Å². The van der Waals surface area contributed by atoms with E-state index in [2.05, 4.69) is 11.9 Å². The maximum atomic E-state index is 12.3. The first kappa shape index (κ1) is 15.8. The second-order valence-electron chi connectivity index (χ2n) is 6.56. The standard InChI is InChI=1S/C18H26N2OS/c1-19-11-3-2-6-17(19)15-9-12-20(13-10-15)18(21)8-7-16-5-4-14-22-16/h4-5,7-8,14-15,17H,2-3,6,9-13H2,1H3/b8-7+. The summed E-state index contributed by atoms with van der Waals surface area (Å²) in [5.74, 6) is 0.944. The lowest BCUT2D eigenvalue weighted by atomic mass is 9.84. The maximum Gasteiger partial charge on any atom is 0.246 e. The Morgan fingerprint density at radius 3 is 2.73 bits per heavy atom. The van der Waals surface area contributed by atoms with Crippen molar-refractivity contribution >= 4 is 23.3 Å². The average molecular weight is 318 g/mol. The van der Waals surface area contributed by atoms with E-state index in [9.17, 15) is 4.79 Å². The van der Waals surface area contributed by atoms with Crippen LogP contribution < -0.4 is 0 Å². The van der Waals surface area contributed by atoms with Gasteiger partial charge in [0.2, 0.25) is 5.91 Å². The molecule has 3 nitrogen and oxygen atoms in total. The van der Waals surface area contributed by atoms with Gasteiger partial charge in [-0.3, -0.25) is 4.79 Å². The minimum absolute atomic E-state index is 0.170. The molecule has 1 amide bonds. The zero-order chi connectivity index (χ0) is 15.4. The number of amides is 1. The van der Waals surface area contributed by atoms with E-state index in [1.54, 1.807) is 17.4 Å². The maximum absolute atomic E-state index is 12.3. The summed E-state index contributed by atoms with van der Waals surface area (Å²) >= 11 is 1.67. The van der Waals surface area contributed by atoms with Crippen molar-refractivity contribution in [1.82, 2.24) is 9.80 Å². The summed E-state index contributed by atoms with van der Waals surface area (Å²) in [6.45, 7) is 3.08. The molecule has 1 unspecified atom stereocenters. The fourth-order valence-corrected chi connectivity index (χ4v) is 4.46. The Morgan fingerprint density at radius 1 is 1.23 bits per heavy atom. The third kappa shape index (κ3) is 3.79. The number of carbonyl (C=O) groups is 1. The Balaban J connectivity index is 1.49. The van der Waals surface area contributed by atoms with E-state index in [-0.39, 0.29) is 5.91 Å². The highest BCUT2D eigenvalue weighted by atomic mass is 32.1. The Morgan fingerprint density at radius 2 is 2.05 bits per heavy atom. The molecule has 0 aliphatic carbocycles. The molecule has 4 heteroatoms. The molecule has 0 N–H and O–H groups in total. The first-order valence-corrected chi connectivity index (χ1v) is 9.33. The Labute approximate surface area is 137 Å². The van der Waals surface area contributed by atoms with Crippen molar-refractivity contribution in [2.75, 3.05) is 26.7 Å². The highest BCUT2D eigenvalue weighted by Crippen LogP contribution is 2.29. The molecule has 22 heavy (non-hydrogen) atoms. The number of thiophene rings is 1. The molecule has 0 saturated carbocycles. The van der Waals surface area contributed by atoms with Crippen LogP contribution in [0.3, 0.4) is 0 Å². The molecule has 2 fully saturated rings. The predicted octanol–water partition coefficient (Wildman–Crippen LogP) is 3.48. The van der Waals surface area contributed by atoms with Gasteiger partial charge >= 0.3 is 0 Å². The highest BCUT2D eigenvalue weighted by Gasteiger charge is 2.31. The van der Waals surface area contributed by atoms with Gasteiger partial charge < -0.3 is 9.80 Å². The number of hydrogen-bond acceptors (Lipinski definition) is 3. The van der Waals surface area contributed by atoms with Crippen LogP contribution in [0.4, 0.5) is 0 Å². The number of carbonyl (C=O) groups excluding carboxylic acids is 1. The van der Waals surface area contributed by atoms with Gasteiger partial charge in [0, 0.05) is 30.1 Å². The van der Waals surface area contributed by atoms with Gasteiger partial charge in [-0.1, -0.05) is 12.5 Å². The van der Waals surface area contributed by atoms with Crippen LogP contribution in [0, 0.1) is 5.92 Å². The molecule has 2 saturated heterocycles. The van der Waals surface area contributed by atoms with Crippen LogP contribution in [0.1, 0.15) is 37.0 Å². The van der Waals surface area contributed by atoms with Gasteiger partial charge in [0.25, 0.3) is 0 Å². The van der Waals surface area contributed by atoms with Crippen molar-refractivity contribution < 1.29 is 4.79 Å². The third-order valence-electron chi connectivity index (χ3n) is 5.16. The van der Waals surface area contributed by atoms with Crippen LogP contribution in [0.5, 0.6) is 0 Å². The molecule has 0 aromatic carbocycles. The summed E-state index contributed by atoms with van der Waals surface area (Å²) in [4.78, 5) is 18.0. The van der Waals surface area contributed by atoms with Gasteiger partial charge in [-0.05, 0) is 62.7 Å². The van der Waals surface area contributed by atoms with Crippen LogP contribution in [0.2, 0.25) is 0 Å². The van der Waals surface area contributed by atoms with Crippen LogP contribution in [-0.4, -0.2) is 48.4 Å². The van der Waals surface area contributed by atoms with E-state index < -0.39 is 0 Å². The zero-order valence-corrected chi connectivity index (χ0v) is 14.2. The first-order chi connectivity index (χ1) is 10.7. The van der Waals surface area contributed by atoms with Gasteiger partial charge in [-0.25, -0.2) is 0 Å². The molecule has 1 aromatic heterocycles. The summed E-state index contributed by atoms with van der Waals surface area (Å²) in [5, 5.41) is 2.04. The first-order valence-electron chi connectivity index (χ1n) is 8.45. The molecule has 3 heterocycles. The summed E-state index contributed by atoms with van der Waals surface area (Å²) in [6, 6.07) is 4.80. The van der Waals surface area contributed by atoms with E-state index in [0.717, 1.165) is 42.8 Å². The molecular weight excluding hydrogens is 292 g/mol. The van der Waals surface area contributed by atoms with Crippen molar-refractivity contribution in [2.45, 2.75) is 38.1 Å². The number of piperidine rings is 2. The molecule has 0 bridgehead atoms. The largest absolute Gasteiger partial charge is 0.339 e. The number of hydrogen-bond donors (Lipinski definition) is 0. The Hall–Kier alpha value is -1.13. The lowest BCUT2D eigenvalue weighted by Crippen LogP contribution is -2.47. The molecule has 0 radical (unpaired) electrons. The predicted molar refractivity (Wildman–Crippen MR) is 92.9 cm³/mol. The van der Waals surface area contributed by atoms with Gasteiger partial charge in [0.05, 0.1) is 0 Å². The minimum atomic E-state index is 0.170. The molecule has 2 aliphatic rings. The topological polar surface area (TPSA) is 23.6 Å². The normalized spacial score (nSPS) is 25.0. The molecule has 2 aliphatic heterocycles. The van der Waals surface area contributed by atoms with E-state index in [0.29, 0.717) is 0 Å². The Bertz CT molecular complexity index is 503. The van der Waals surface area contributed by atoms with Crippen molar-refractivity contribution in [3.8, 4) is 0 Å². The van der Waals surface area contributed by atoms with E-state index in [4.69, 9.17) is 0 Å². The van der Waals surface area contributed by atoms with Gasteiger partial charge in [0.1, 0.15) is 0 Å². The molecular formula is C18H26N2OS. The summed E-state index contributed by atoms with van der Waals surface area (Å²) < 4.78 is 0. The van der Waals surface area contributed by atoms with E-state index in [1.807, 2.05) is 28.5 Å². The third-order valence-corrected chi connectivity index (χ3v) is 5.99. The number of rotatable bonds is 3. The van der Waals surface area contributed by atoms with E-state index in [1.165, 1.54) is 25.8 Å². The minimum Gasteiger partial charge on any atom is -0.339 e. The van der Waals surface area contributed by atoms with Gasteiger partial charge in [-0.15, -0.1) is 11.3 Å². The monoisotopic (exact) mass is 318 g/mol. The summed E-state index contributed by atoms with van der Waals surface area (Å²) in [5.41, 5.74) is 0. The summed E-state index contributed by atoms with van der Waals surface area (Å²) in [6.07, 6.45) is 10.1. The SMILES string of the molecule is CN1CCCCC1C1CCN(C(=O)/C=C/c2cccs2)CC1. The van der Waals surface area contributed by atoms with Gasteiger partial charge in [0.15, 0.2) is 0 Å². The van der Waals surface area contributed by atoms with Crippen molar-refractivity contribution in [3.63, 3.8) is 0 Å². The smallest absolute Gasteiger partial charge is 0.246 e. The lowest BCUT2D eigenvalue weighted by molar-refractivity contribution is -0.127. The zero-order valence-electron chi connectivity index (χ0n) is 13.4. The van der Waals surface area contributed by atoms with Crippen LogP contribution in [0.25, 0.3) is 6.08 Å². The summed E-state index contributed by atoms with van der Waals surface area (Å²) in [7, 11) is 2.27. The average Bonchev–Trinajstić information content (AvgIpc) is 3.07.